The molecule has 6 heteroatoms. The van der Waals surface area contributed by atoms with E-state index in [1.807, 2.05) is 13.8 Å². The quantitative estimate of drug-likeness (QED) is 0.307. The lowest BCUT2D eigenvalue weighted by atomic mass is 10.3. The molecule has 0 unspecified atom stereocenters. The Morgan fingerprint density at radius 2 is 2.15 bits per heavy atom. The fourth-order valence-corrected chi connectivity index (χ4v) is 1.01. The lowest BCUT2D eigenvalue weighted by Gasteiger charge is -1.99. The number of rotatable bonds is 6. The molecule has 0 aliphatic carbocycles. The topological polar surface area (TPSA) is 76.0 Å². The number of hydrogen-bond acceptors (Lipinski definition) is 4. The number of nitrogens with zero attached hydrogens (tertiary/aromatic N) is 1. The van der Waals surface area contributed by atoms with E-state index in [2.05, 4.69) is 5.16 Å². The molecule has 0 aliphatic rings. The molecule has 0 aromatic rings. The Hall–Kier alpha value is -0.620. The lowest BCUT2D eigenvalue weighted by molar-refractivity contribution is 0.144. The minimum absolute atomic E-state index is 0.205. The molecule has 0 fully saturated rings. The van der Waals surface area contributed by atoms with Crippen molar-refractivity contribution in [3.8, 4) is 0 Å². The third kappa shape index (κ3) is 9.29. The van der Waals surface area contributed by atoms with Crippen molar-refractivity contribution in [3.63, 3.8) is 0 Å². The fraction of sp³-hybridized carbons (Fsp3) is 0.857. The van der Waals surface area contributed by atoms with Gasteiger partial charge in [-0.25, -0.2) is 0 Å². The van der Waals surface area contributed by atoms with Crippen LogP contribution in [0.5, 0.6) is 0 Å². The van der Waals surface area contributed by atoms with E-state index in [1.165, 1.54) is 0 Å². The number of oxime groups is 1. The Balaban J connectivity index is 3.48. The monoisotopic (exact) mass is 209 g/mol. The molecule has 0 bridgehead atoms. The van der Waals surface area contributed by atoms with Crippen LogP contribution in [-0.4, -0.2) is 31.0 Å². The SMILES string of the molecule is CCC(C)=NOCCCS(=O)(=O)O. The second kappa shape index (κ2) is 5.93. The van der Waals surface area contributed by atoms with Crippen molar-refractivity contribution in [1.29, 1.82) is 0 Å². The number of hydrogen-bond donors (Lipinski definition) is 1. The van der Waals surface area contributed by atoms with E-state index < -0.39 is 10.1 Å². The first-order valence-corrected chi connectivity index (χ1v) is 5.67. The molecule has 5 nitrogen and oxygen atoms in total. The molecule has 0 aliphatic heterocycles. The normalized spacial score (nSPS) is 13.0. The summed E-state index contributed by atoms with van der Waals surface area (Å²) >= 11 is 0. The second-order valence-corrected chi connectivity index (χ2v) is 4.23. The van der Waals surface area contributed by atoms with E-state index in [4.69, 9.17) is 9.39 Å². The second-order valence-electron chi connectivity index (χ2n) is 2.65. The molecule has 0 rings (SSSR count). The highest BCUT2D eigenvalue weighted by molar-refractivity contribution is 7.85. The molecule has 0 atom stereocenters. The van der Waals surface area contributed by atoms with Gasteiger partial charge in [-0.2, -0.15) is 8.42 Å². The van der Waals surface area contributed by atoms with Crippen molar-refractivity contribution in [2.45, 2.75) is 26.7 Å². The van der Waals surface area contributed by atoms with Crippen LogP contribution in [0.1, 0.15) is 26.7 Å². The Bertz CT molecular complexity index is 258. The van der Waals surface area contributed by atoms with Gasteiger partial charge in [-0.3, -0.25) is 4.55 Å². The third-order valence-corrected chi connectivity index (χ3v) is 2.17. The average Bonchev–Trinajstić information content (AvgIpc) is 2.01. The predicted octanol–water partition coefficient (Wildman–Crippen LogP) is 1.07. The van der Waals surface area contributed by atoms with Gasteiger partial charge >= 0.3 is 0 Å². The first-order chi connectivity index (χ1) is 5.95. The molecule has 1 N–H and O–H groups in total. The average molecular weight is 209 g/mol. The van der Waals surface area contributed by atoms with E-state index in [1.54, 1.807) is 0 Å². The van der Waals surface area contributed by atoms with E-state index in [0.717, 1.165) is 12.1 Å². The molecule has 78 valence electrons. The van der Waals surface area contributed by atoms with Crippen LogP contribution in [0, 0.1) is 0 Å². The molecule has 13 heavy (non-hydrogen) atoms. The molecule has 0 heterocycles. The fourth-order valence-electron chi connectivity index (χ4n) is 0.526. The standard InChI is InChI=1S/C7H15NO4S/c1-3-7(2)8-12-5-4-6-13(9,10)11/h3-6H2,1-2H3,(H,9,10,11). The van der Waals surface area contributed by atoms with Crippen molar-refractivity contribution in [3.05, 3.63) is 0 Å². The summed E-state index contributed by atoms with van der Waals surface area (Å²) in [5.74, 6) is -0.284. The van der Waals surface area contributed by atoms with Gasteiger partial charge in [-0.05, 0) is 13.3 Å². The van der Waals surface area contributed by atoms with Crippen LogP contribution in [0.15, 0.2) is 5.16 Å². The Kier molecular flexibility index (Phi) is 5.65. The Morgan fingerprint density at radius 1 is 1.54 bits per heavy atom. The summed E-state index contributed by atoms with van der Waals surface area (Å²) in [6.45, 7) is 3.97. The largest absolute Gasteiger partial charge is 0.396 e. The molecule has 0 saturated carbocycles. The molecule has 0 amide bonds. The van der Waals surface area contributed by atoms with Crippen LogP contribution < -0.4 is 0 Å². The first kappa shape index (κ1) is 12.4. The Labute approximate surface area is 78.5 Å². The van der Waals surface area contributed by atoms with Crippen LogP contribution in [-0.2, 0) is 15.0 Å². The summed E-state index contributed by atoms with van der Waals surface area (Å²) < 4.78 is 28.9. The van der Waals surface area contributed by atoms with Gasteiger partial charge in [0.15, 0.2) is 0 Å². The van der Waals surface area contributed by atoms with Crippen LogP contribution in [0.4, 0.5) is 0 Å². The zero-order valence-corrected chi connectivity index (χ0v) is 8.67. The summed E-state index contributed by atoms with van der Waals surface area (Å²) in [7, 11) is -3.86. The maximum atomic E-state index is 10.2. The third-order valence-electron chi connectivity index (χ3n) is 1.37. The molecule has 0 saturated heterocycles. The maximum Gasteiger partial charge on any atom is 0.264 e. The highest BCUT2D eigenvalue weighted by Crippen LogP contribution is 1.91. The van der Waals surface area contributed by atoms with Gasteiger partial charge in [0.2, 0.25) is 0 Å². The van der Waals surface area contributed by atoms with Crippen LogP contribution in [0.25, 0.3) is 0 Å². The minimum Gasteiger partial charge on any atom is -0.396 e. The van der Waals surface area contributed by atoms with Crippen molar-refractivity contribution < 1.29 is 17.8 Å². The van der Waals surface area contributed by atoms with Crippen LogP contribution in [0.3, 0.4) is 0 Å². The van der Waals surface area contributed by atoms with Gasteiger partial charge in [-0.1, -0.05) is 12.1 Å². The zero-order valence-electron chi connectivity index (χ0n) is 7.86. The maximum absolute atomic E-state index is 10.2. The molecule has 0 aromatic heterocycles. The summed E-state index contributed by atoms with van der Waals surface area (Å²) in [6.07, 6.45) is 1.05. The zero-order chi connectivity index (χ0) is 10.3. The molecular formula is C7H15NO4S. The molecule has 0 radical (unpaired) electrons. The van der Waals surface area contributed by atoms with Crippen molar-refractivity contribution in [2.24, 2.45) is 5.16 Å². The van der Waals surface area contributed by atoms with Crippen molar-refractivity contribution in [1.82, 2.24) is 0 Å². The molecule has 0 spiro atoms. The lowest BCUT2D eigenvalue weighted by Crippen LogP contribution is -2.06. The Morgan fingerprint density at radius 3 is 2.62 bits per heavy atom. The minimum atomic E-state index is -3.86. The van der Waals surface area contributed by atoms with Gasteiger partial charge < -0.3 is 4.84 Å². The molecular weight excluding hydrogens is 194 g/mol. The van der Waals surface area contributed by atoms with Gasteiger partial charge in [0.05, 0.1) is 11.5 Å². The van der Waals surface area contributed by atoms with Crippen molar-refractivity contribution >= 4 is 15.8 Å². The predicted molar refractivity (Wildman–Crippen MR) is 50.4 cm³/mol. The van der Waals surface area contributed by atoms with Crippen molar-refractivity contribution in [2.75, 3.05) is 12.4 Å². The summed E-state index contributed by atoms with van der Waals surface area (Å²) in [5.41, 5.74) is 0.854. The van der Waals surface area contributed by atoms with Crippen LogP contribution >= 0.6 is 0 Å². The summed E-state index contributed by atoms with van der Waals surface area (Å²) in [6, 6.07) is 0. The molecule has 0 aromatic carbocycles. The van der Waals surface area contributed by atoms with E-state index in [0.29, 0.717) is 0 Å². The smallest absolute Gasteiger partial charge is 0.264 e. The van der Waals surface area contributed by atoms with Crippen LogP contribution in [0.2, 0.25) is 0 Å². The van der Waals surface area contributed by atoms with Gasteiger partial charge in [0, 0.05) is 6.42 Å². The van der Waals surface area contributed by atoms with E-state index in [-0.39, 0.29) is 18.8 Å². The van der Waals surface area contributed by atoms with Gasteiger partial charge in [-0.15, -0.1) is 0 Å². The summed E-state index contributed by atoms with van der Waals surface area (Å²) in [4.78, 5) is 4.79. The van der Waals surface area contributed by atoms with E-state index >= 15 is 0 Å². The highest BCUT2D eigenvalue weighted by atomic mass is 32.2. The van der Waals surface area contributed by atoms with Gasteiger partial charge in [0.1, 0.15) is 6.61 Å². The first-order valence-electron chi connectivity index (χ1n) is 4.06. The van der Waals surface area contributed by atoms with E-state index in [9.17, 15) is 8.42 Å². The van der Waals surface area contributed by atoms with Gasteiger partial charge in [0.25, 0.3) is 10.1 Å². The summed E-state index contributed by atoms with van der Waals surface area (Å²) in [5, 5.41) is 3.70. The highest BCUT2D eigenvalue weighted by Gasteiger charge is 2.02.